The van der Waals surface area contributed by atoms with Crippen molar-refractivity contribution in [1.29, 1.82) is 0 Å². The second-order valence-electron chi connectivity index (χ2n) is 4.37. The highest BCUT2D eigenvalue weighted by Crippen LogP contribution is 2.21. The van der Waals surface area contributed by atoms with Crippen molar-refractivity contribution in [1.82, 2.24) is 0 Å². The minimum Gasteiger partial charge on any atom is -0.409 e. The van der Waals surface area contributed by atoms with E-state index in [1.165, 1.54) is 11.3 Å². The molecule has 0 aliphatic heterocycles. The van der Waals surface area contributed by atoms with E-state index < -0.39 is 0 Å². The fourth-order valence-corrected chi connectivity index (χ4v) is 2.59. The van der Waals surface area contributed by atoms with Crippen molar-refractivity contribution >= 4 is 28.8 Å². The number of hydrogen-bond donors (Lipinski definition) is 3. The largest absolute Gasteiger partial charge is 0.409 e. The van der Waals surface area contributed by atoms with Crippen molar-refractivity contribution in [3.8, 4) is 0 Å². The van der Waals surface area contributed by atoms with Gasteiger partial charge in [-0.25, -0.2) is 0 Å². The van der Waals surface area contributed by atoms with E-state index in [0.29, 0.717) is 16.1 Å². The Kier molecular flexibility index (Phi) is 4.05. The summed E-state index contributed by atoms with van der Waals surface area (Å²) in [5.41, 5.74) is 7.84. The second-order valence-corrected chi connectivity index (χ2v) is 5.62. The van der Waals surface area contributed by atoms with Crippen LogP contribution in [-0.2, 0) is 0 Å². The Hall–Kier alpha value is -2.34. The zero-order valence-electron chi connectivity index (χ0n) is 11.2. The number of hydrogen-bond acceptors (Lipinski definition) is 4. The Morgan fingerprint density at radius 3 is 2.45 bits per heavy atom. The summed E-state index contributed by atoms with van der Waals surface area (Å²) < 4.78 is 0. The molecule has 0 radical (unpaired) electrons. The summed E-state index contributed by atoms with van der Waals surface area (Å²) in [6.45, 7) is 3.97. The van der Waals surface area contributed by atoms with Crippen molar-refractivity contribution in [3.63, 3.8) is 0 Å². The fraction of sp³-hybridized carbons (Fsp3) is 0.143. The Labute approximate surface area is 120 Å². The van der Waals surface area contributed by atoms with E-state index in [0.717, 1.165) is 10.4 Å². The molecule has 20 heavy (non-hydrogen) atoms. The molecule has 0 bridgehead atoms. The van der Waals surface area contributed by atoms with Gasteiger partial charge < -0.3 is 16.3 Å². The third kappa shape index (κ3) is 2.97. The number of carbonyl (C=O) groups excluding carboxylic acids is 1. The molecule has 2 aromatic rings. The maximum atomic E-state index is 12.1. The normalized spacial score (nSPS) is 11.4. The van der Waals surface area contributed by atoms with Gasteiger partial charge in [0.15, 0.2) is 5.84 Å². The van der Waals surface area contributed by atoms with Crippen LogP contribution in [0.3, 0.4) is 0 Å². The number of nitrogens with two attached hydrogens (primary N) is 1. The van der Waals surface area contributed by atoms with Gasteiger partial charge in [-0.2, -0.15) is 0 Å². The standard InChI is InChI=1S/C14H15N3O2S/c1-8-7-12(20-9(8)2)14(18)16-11-5-3-10(4-6-11)13(15)17-19/h3-7,19H,1-2H3,(H2,15,17)(H,16,18). The van der Waals surface area contributed by atoms with E-state index in [1.807, 2.05) is 19.9 Å². The summed E-state index contributed by atoms with van der Waals surface area (Å²) in [5, 5.41) is 14.3. The van der Waals surface area contributed by atoms with Crippen LogP contribution in [0.4, 0.5) is 5.69 Å². The lowest BCUT2D eigenvalue weighted by atomic mass is 10.2. The lowest BCUT2D eigenvalue weighted by Gasteiger charge is -2.04. The predicted molar refractivity (Wildman–Crippen MR) is 80.7 cm³/mol. The molecule has 1 aromatic heterocycles. The van der Waals surface area contributed by atoms with Crippen molar-refractivity contribution in [3.05, 3.63) is 51.2 Å². The Morgan fingerprint density at radius 1 is 1.30 bits per heavy atom. The van der Waals surface area contributed by atoms with Gasteiger partial charge >= 0.3 is 0 Å². The summed E-state index contributed by atoms with van der Waals surface area (Å²) in [6.07, 6.45) is 0. The number of anilines is 1. The Morgan fingerprint density at radius 2 is 1.95 bits per heavy atom. The van der Waals surface area contributed by atoms with E-state index in [1.54, 1.807) is 24.3 Å². The minimum atomic E-state index is -0.136. The number of amides is 1. The number of nitrogens with one attached hydrogen (secondary N) is 1. The van der Waals surface area contributed by atoms with Crippen molar-refractivity contribution in [2.45, 2.75) is 13.8 Å². The number of amidine groups is 1. The van der Waals surface area contributed by atoms with Gasteiger partial charge in [-0.3, -0.25) is 4.79 Å². The summed E-state index contributed by atoms with van der Waals surface area (Å²) in [7, 11) is 0. The molecule has 0 spiro atoms. The first-order valence-corrected chi connectivity index (χ1v) is 6.79. The van der Waals surface area contributed by atoms with Gasteiger partial charge in [0.25, 0.3) is 5.91 Å². The molecule has 1 heterocycles. The highest BCUT2D eigenvalue weighted by atomic mass is 32.1. The molecular formula is C14H15N3O2S. The van der Waals surface area contributed by atoms with E-state index in [4.69, 9.17) is 10.9 Å². The Balaban J connectivity index is 2.12. The van der Waals surface area contributed by atoms with Crippen molar-refractivity contribution in [2.24, 2.45) is 10.9 Å². The molecule has 0 fully saturated rings. The van der Waals surface area contributed by atoms with E-state index in [-0.39, 0.29) is 11.7 Å². The van der Waals surface area contributed by atoms with Crippen molar-refractivity contribution in [2.75, 3.05) is 5.32 Å². The maximum Gasteiger partial charge on any atom is 0.265 e. The average molecular weight is 289 g/mol. The predicted octanol–water partition coefficient (Wildman–Crippen LogP) is 2.71. The van der Waals surface area contributed by atoms with Crippen LogP contribution in [0.2, 0.25) is 0 Å². The molecule has 0 atom stereocenters. The van der Waals surface area contributed by atoms with Crippen LogP contribution < -0.4 is 11.1 Å². The first kappa shape index (κ1) is 14.1. The highest BCUT2D eigenvalue weighted by Gasteiger charge is 2.10. The number of nitrogens with zero attached hydrogens (tertiary/aromatic N) is 1. The van der Waals surface area contributed by atoms with Gasteiger partial charge in [0, 0.05) is 16.1 Å². The van der Waals surface area contributed by atoms with Crippen LogP contribution in [0.25, 0.3) is 0 Å². The van der Waals surface area contributed by atoms with Gasteiger partial charge in [-0.1, -0.05) is 5.16 Å². The number of thiophene rings is 1. The van der Waals surface area contributed by atoms with Crippen LogP contribution in [0, 0.1) is 13.8 Å². The molecule has 0 aliphatic rings. The topological polar surface area (TPSA) is 87.7 Å². The van der Waals surface area contributed by atoms with Gasteiger partial charge in [-0.05, 0) is 49.7 Å². The van der Waals surface area contributed by atoms with E-state index in [2.05, 4.69) is 10.5 Å². The lowest BCUT2D eigenvalue weighted by molar-refractivity contribution is 0.103. The molecule has 1 aromatic carbocycles. The summed E-state index contributed by atoms with van der Waals surface area (Å²) in [4.78, 5) is 13.9. The SMILES string of the molecule is Cc1cc(C(=O)Nc2ccc(C(N)=NO)cc2)sc1C. The van der Waals surface area contributed by atoms with Gasteiger partial charge in [-0.15, -0.1) is 11.3 Å². The summed E-state index contributed by atoms with van der Waals surface area (Å²) in [5.74, 6) is -0.102. The third-order valence-corrected chi connectivity index (χ3v) is 4.09. The summed E-state index contributed by atoms with van der Waals surface area (Å²) >= 11 is 1.47. The van der Waals surface area contributed by atoms with E-state index in [9.17, 15) is 4.79 Å². The monoisotopic (exact) mass is 289 g/mol. The van der Waals surface area contributed by atoms with Crippen LogP contribution in [0.5, 0.6) is 0 Å². The first-order chi connectivity index (χ1) is 9.51. The second kappa shape index (κ2) is 5.75. The number of rotatable bonds is 3. The van der Waals surface area contributed by atoms with E-state index >= 15 is 0 Å². The number of oxime groups is 1. The minimum absolute atomic E-state index is 0.0346. The number of carbonyl (C=O) groups is 1. The number of aryl methyl sites for hydroxylation is 2. The lowest BCUT2D eigenvalue weighted by Crippen LogP contribution is -2.13. The smallest absolute Gasteiger partial charge is 0.265 e. The molecule has 0 saturated carbocycles. The zero-order valence-corrected chi connectivity index (χ0v) is 12.0. The molecule has 5 nitrogen and oxygen atoms in total. The zero-order chi connectivity index (χ0) is 14.7. The summed E-state index contributed by atoms with van der Waals surface area (Å²) in [6, 6.07) is 8.64. The fourth-order valence-electron chi connectivity index (χ4n) is 1.66. The molecule has 6 heteroatoms. The quantitative estimate of drug-likeness (QED) is 0.351. The molecule has 2 rings (SSSR count). The van der Waals surface area contributed by atoms with Gasteiger partial charge in [0.05, 0.1) is 4.88 Å². The molecule has 0 unspecified atom stereocenters. The molecule has 1 amide bonds. The van der Waals surface area contributed by atoms with Crippen LogP contribution in [-0.4, -0.2) is 17.0 Å². The highest BCUT2D eigenvalue weighted by molar-refractivity contribution is 7.14. The molecular weight excluding hydrogens is 274 g/mol. The molecule has 0 aliphatic carbocycles. The van der Waals surface area contributed by atoms with Crippen LogP contribution >= 0.6 is 11.3 Å². The first-order valence-electron chi connectivity index (χ1n) is 5.97. The van der Waals surface area contributed by atoms with Crippen LogP contribution in [0.1, 0.15) is 25.7 Å². The molecule has 4 N–H and O–H groups in total. The third-order valence-electron chi connectivity index (χ3n) is 2.94. The van der Waals surface area contributed by atoms with Gasteiger partial charge in [0.2, 0.25) is 0 Å². The molecule has 104 valence electrons. The maximum absolute atomic E-state index is 12.1. The molecule has 0 saturated heterocycles. The Bertz CT molecular complexity index is 640. The van der Waals surface area contributed by atoms with Crippen LogP contribution in [0.15, 0.2) is 35.5 Å². The van der Waals surface area contributed by atoms with Crippen molar-refractivity contribution < 1.29 is 10.0 Å². The van der Waals surface area contributed by atoms with Gasteiger partial charge in [0.1, 0.15) is 0 Å². The average Bonchev–Trinajstić information content (AvgIpc) is 2.79. The number of benzene rings is 1.